The number of para-hydroxylation sites is 1. The predicted octanol–water partition coefficient (Wildman–Crippen LogP) is 3.23. The molecule has 0 radical (unpaired) electrons. The van der Waals surface area contributed by atoms with Crippen molar-refractivity contribution in [1.29, 1.82) is 0 Å². The highest BCUT2D eigenvalue weighted by Gasteiger charge is 2.25. The third-order valence-electron chi connectivity index (χ3n) is 4.61. The number of sulfonamides is 1. The minimum absolute atomic E-state index is 0.240. The smallest absolute Gasteiger partial charge is 0.245 e. The number of carbonyl (C=O) groups excluding carboxylic acids is 1. The number of carbonyl (C=O) groups is 1. The lowest BCUT2D eigenvalue weighted by Gasteiger charge is -2.24. The summed E-state index contributed by atoms with van der Waals surface area (Å²) in [6.45, 7) is 3.63. The zero-order chi connectivity index (χ0) is 21.6. The van der Waals surface area contributed by atoms with E-state index >= 15 is 0 Å². The number of hydrogen-bond acceptors (Lipinski definition) is 5. The van der Waals surface area contributed by atoms with Gasteiger partial charge in [0.15, 0.2) is 0 Å². The molecule has 0 heterocycles. The Morgan fingerprint density at radius 1 is 1.03 bits per heavy atom. The molecule has 8 heteroatoms. The molecule has 0 spiro atoms. The molecule has 0 fully saturated rings. The van der Waals surface area contributed by atoms with Crippen LogP contribution in [0, 0.1) is 0 Å². The molecule has 158 valence electrons. The Hall–Kier alpha value is -2.74. The maximum atomic E-state index is 12.8. The molecule has 0 atom stereocenters. The van der Waals surface area contributed by atoms with Gasteiger partial charge in [0.1, 0.15) is 18.0 Å². The van der Waals surface area contributed by atoms with E-state index in [1.165, 1.54) is 20.3 Å². The predicted molar refractivity (Wildman–Crippen MR) is 116 cm³/mol. The lowest BCUT2D eigenvalue weighted by molar-refractivity contribution is -0.114. The van der Waals surface area contributed by atoms with Crippen LogP contribution in [0.25, 0.3) is 0 Å². The molecule has 1 N–H and O–H groups in total. The fraction of sp³-hybridized carbons (Fsp3) is 0.381. The molecule has 1 amide bonds. The van der Waals surface area contributed by atoms with E-state index in [0.29, 0.717) is 11.5 Å². The first-order chi connectivity index (χ1) is 13.7. The van der Waals surface area contributed by atoms with Crippen LogP contribution in [0.3, 0.4) is 0 Å². The third kappa shape index (κ3) is 5.41. The van der Waals surface area contributed by atoms with Crippen LogP contribution < -0.4 is 19.1 Å². The summed E-state index contributed by atoms with van der Waals surface area (Å²) in [5.41, 5.74) is 2.99. The minimum Gasteiger partial charge on any atom is -0.497 e. The van der Waals surface area contributed by atoms with Crippen molar-refractivity contribution in [3.8, 4) is 11.5 Å². The molecular formula is C21H28N2O5S. The fourth-order valence-electron chi connectivity index (χ4n) is 3.09. The van der Waals surface area contributed by atoms with E-state index in [2.05, 4.69) is 5.32 Å². The van der Waals surface area contributed by atoms with Crippen LogP contribution in [0.1, 0.15) is 25.0 Å². The SMILES string of the molecule is CCc1cccc(CC)c1NC(=O)CN(c1cc(OC)ccc1OC)S(C)(=O)=O. The molecule has 0 bridgehead atoms. The van der Waals surface area contributed by atoms with E-state index in [1.54, 1.807) is 12.1 Å². The Balaban J connectivity index is 2.40. The number of amides is 1. The molecule has 2 aromatic carbocycles. The van der Waals surface area contributed by atoms with Crippen LogP contribution in [0.5, 0.6) is 11.5 Å². The molecule has 0 aliphatic heterocycles. The summed E-state index contributed by atoms with van der Waals surface area (Å²) >= 11 is 0. The maximum Gasteiger partial charge on any atom is 0.245 e. The van der Waals surface area contributed by atoms with Crippen LogP contribution in [-0.4, -0.2) is 41.3 Å². The van der Waals surface area contributed by atoms with E-state index in [4.69, 9.17) is 9.47 Å². The van der Waals surface area contributed by atoms with Crippen molar-refractivity contribution in [2.75, 3.05) is 36.6 Å². The van der Waals surface area contributed by atoms with Gasteiger partial charge in [-0.2, -0.15) is 0 Å². The van der Waals surface area contributed by atoms with Gasteiger partial charge >= 0.3 is 0 Å². The average Bonchev–Trinajstić information content (AvgIpc) is 2.70. The highest BCUT2D eigenvalue weighted by molar-refractivity contribution is 7.92. The molecular weight excluding hydrogens is 392 g/mol. The van der Waals surface area contributed by atoms with Crippen LogP contribution in [0.2, 0.25) is 0 Å². The van der Waals surface area contributed by atoms with Crippen LogP contribution in [0.15, 0.2) is 36.4 Å². The Labute approximate surface area is 172 Å². The van der Waals surface area contributed by atoms with E-state index in [1.807, 2.05) is 32.0 Å². The van der Waals surface area contributed by atoms with E-state index < -0.39 is 15.9 Å². The third-order valence-corrected chi connectivity index (χ3v) is 5.73. The quantitative estimate of drug-likeness (QED) is 0.673. The van der Waals surface area contributed by atoms with Gasteiger partial charge in [0.05, 0.1) is 26.2 Å². The number of nitrogens with zero attached hydrogens (tertiary/aromatic N) is 1. The Kier molecular flexibility index (Phi) is 7.50. The van der Waals surface area contributed by atoms with Gasteiger partial charge < -0.3 is 14.8 Å². The minimum atomic E-state index is -3.76. The molecule has 0 aromatic heterocycles. The number of benzene rings is 2. The topological polar surface area (TPSA) is 84.9 Å². The van der Waals surface area contributed by atoms with Crippen LogP contribution in [0.4, 0.5) is 11.4 Å². The van der Waals surface area contributed by atoms with Crippen LogP contribution in [-0.2, 0) is 27.7 Å². The summed E-state index contributed by atoms with van der Waals surface area (Å²) in [7, 11) is -0.833. The second kappa shape index (κ2) is 9.65. The van der Waals surface area contributed by atoms with Gasteiger partial charge in [0.2, 0.25) is 15.9 Å². The van der Waals surface area contributed by atoms with Gasteiger partial charge in [-0.1, -0.05) is 32.0 Å². The summed E-state index contributed by atoms with van der Waals surface area (Å²) < 4.78 is 36.5. The monoisotopic (exact) mass is 420 g/mol. The highest BCUT2D eigenvalue weighted by atomic mass is 32.2. The summed E-state index contributed by atoms with van der Waals surface area (Å²) in [6.07, 6.45) is 2.56. The molecule has 7 nitrogen and oxygen atoms in total. The number of ether oxygens (including phenoxy) is 2. The van der Waals surface area contributed by atoms with E-state index in [0.717, 1.165) is 40.2 Å². The summed E-state index contributed by atoms with van der Waals surface area (Å²) in [6, 6.07) is 10.7. The number of methoxy groups -OCH3 is 2. The highest BCUT2D eigenvalue weighted by Crippen LogP contribution is 2.34. The molecule has 29 heavy (non-hydrogen) atoms. The largest absolute Gasteiger partial charge is 0.497 e. The number of aryl methyl sites for hydroxylation is 2. The first-order valence-electron chi connectivity index (χ1n) is 9.35. The Bertz CT molecular complexity index is 951. The van der Waals surface area contributed by atoms with E-state index in [-0.39, 0.29) is 12.2 Å². The molecule has 0 aliphatic carbocycles. The van der Waals surface area contributed by atoms with Crippen molar-refractivity contribution in [3.63, 3.8) is 0 Å². The number of anilines is 2. The maximum absolute atomic E-state index is 12.8. The fourth-order valence-corrected chi connectivity index (χ4v) is 3.94. The van der Waals surface area contributed by atoms with Gasteiger partial charge in [-0.3, -0.25) is 9.10 Å². The molecule has 0 unspecified atom stereocenters. The summed E-state index contributed by atoms with van der Waals surface area (Å²) in [5, 5.41) is 2.90. The summed E-state index contributed by atoms with van der Waals surface area (Å²) in [4.78, 5) is 12.8. The van der Waals surface area contributed by atoms with Crippen molar-refractivity contribution in [2.24, 2.45) is 0 Å². The Morgan fingerprint density at radius 3 is 2.14 bits per heavy atom. The second-order valence-corrected chi connectivity index (χ2v) is 8.42. The first-order valence-corrected chi connectivity index (χ1v) is 11.2. The lowest BCUT2D eigenvalue weighted by atomic mass is 10.0. The van der Waals surface area contributed by atoms with Gasteiger partial charge in [-0.15, -0.1) is 0 Å². The molecule has 0 aliphatic rings. The number of nitrogens with one attached hydrogen (secondary N) is 1. The van der Waals surface area contributed by atoms with Crippen molar-refractivity contribution >= 4 is 27.3 Å². The average molecular weight is 421 g/mol. The zero-order valence-corrected chi connectivity index (χ0v) is 18.3. The number of hydrogen-bond donors (Lipinski definition) is 1. The lowest BCUT2D eigenvalue weighted by Crippen LogP contribution is -2.38. The van der Waals surface area contributed by atoms with Gasteiger partial charge in [0.25, 0.3) is 0 Å². The second-order valence-electron chi connectivity index (χ2n) is 6.51. The van der Waals surface area contributed by atoms with E-state index in [9.17, 15) is 13.2 Å². The van der Waals surface area contributed by atoms with Crippen LogP contribution >= 0.6 is 0 Å². The van der Waals surface area contributed by atoms with Gasteiger partial charge in [-0.05, 0) is 36.1 Å². The van der Waals surface area contributed by atoms with Crippen molar-refractivity contribution in [2.45, 2.75) is 26.7 Å². The van der Waals surface area contributed by atoms with Crippen molar-refractivity contribution in [1.82, 2.24) is 0 Å². The molecule has 2 rings (SSSR count). The first kappa shape index (κ1) is 22.5. The van der Waals surface area contributed by atoms with Crippen molar-refractivity contribution in [3.05, 3.63) is 47.5 Å². The van der Waals surface area contributed by atoms with Crippen molar-refractivity contribution < 1.29 is 22.7 Å². The van der Waals surface area contributed by atoms with Gasteiger partial charge in [0, 0.05) is 11.8 Å². The molecule has 0 saturated heterocycles. The molecule has 0 saturated carbocycles. The summed E-state index contributed by atoms with van der Waals surface area (Å²) in [5.74, 6) is 0.350. The molecule has 2 aromatic rings. The Morgan fingerprint density at radius 2 is 1.66 bits per heavy atom. The zero-order valence-electron chi connectivity index (χ0n) is 17.5. The number of rotatable bonds is 9. The standard InChI is InChI=1S/C21H28N2O5S/c1-6-15-9-8-10-16(7-2)21(15)22-20(24)14-23(29(5,25)26)18-13-17(27-3)11-12-19(18)28-4/h8-13H,6-7,14H2,1-5H3,(H,22,24). The van der Waals surface area contributed by atoms with Gasteiger partial charge in [-0.25, -0.2) is 8.42 Å². The normalized spacial score (nSPS) is 11.1.